The minimum Gasteiger partial charge on any atom is -0.351 e. The molecule has 76 valence electrons. The van der Waals surface area contributed by atoms with Crippen LogP contribution in [-0.4, -0.2) is 17.5 Å². The van der Waals surface area contributed by atoms with E-state index in [0.717, 1.165) is 6.42 Å². The highest BCUT2D eigenvalue weighted by Crippen LogP contribution is 2.29. The molecule has 0 bridgehead atoms. The van der Waals surface area contributed by atoms with Crippen molar-refractivity contribution < 1.29 is 4.79 Å². The number of nitrogens with one attached hydrogen (secondary N) is 1. The molecule has 0 aromatic rings. The highest BCUT2D eigenvalue weighted by Gasteiger charge is 2.38. The lowest BCUT2D eigenvalue weighted by Gasteiger charge is -2.25. The monoisotopic (exact) mass is 184 g/mol. The van der Waals surface area contributed by atoms with Gasteiger partial charge in [-0.05, 0) is 25.2 Å². The second-order valence-electron chi connectivity index (χ2n) is 4.16. The Morgan fingerprint density at radius 1 is 1.54 bits per heavy atom. The maximum absolute atomic E-state index is 11.7. The third kappa shape index (κ3) is 2.21. The molecule has 1 aliphatic carbocycles. The van der Waals surface area contributed by atoms with E-state index in [1.807, 2.05) is 13.8 Å². The molecular formula is C10H20N2O. The summed E-state index contributed by atoms with van der Waals surface area (Å²) in [6, 6.07) is 0.383. The van der Waals surface area contributed by atoms with Crippen molar-refractivity contribution in [3.63, 3.8) is 0 Å². The van der Waals surface area contributed by atoms with Crippen LogP contribution in [0.3, 0.4) is 0 Å². The fourth-order valence-corrected chi connectivity index (χ4v) is 1.41. The van der Waals surface area contributed by atoms with E-state index in [1.165, 1.54) is 0 Å². The minimum atomic E-state index is -0.650. The molecular weight excluding hydrogens is 164 g/mol. The molecule has 0 aromatic carbocycles. The quantitative estimate of drug-likeness (QED) is 0.685. The first kappa shape index (κ1) is 10.5. The fourth-order valence-electron chi connectivity index (χ4n) is 1.41. The summed E-state index contributed by atoms with van der Waals surface area (Å²) in [6.45, 7) is 6.06. The maximum Gasteiger partial charge on any atom is 0.240 e. The van der Waals surface area contributed by atoms with Crippen molar-refractivity contribution in [1.82, 2.24) is 5.32 Å². The molecule has 3 nitrogen and oxygen atoms in total. The summed E-state index contributed by atoms with van der Waals surface area (Å²) in [5.74, 6) is 0.661. The summed E-state index contributed by atoms with van der Waals surface area (Å²) in [5, 5.41) is 2.98. The third-order valence-corrected chi connectivity index (χ3v) is 3.14. The molecule has 0 saturated heterocycles. The fraction of sp³-hybridized carbons (Fsp3) is 0.900. The Morgan fingerprint density at radius 3 is 2.31 bits per heavy atom. The Kier molecular flexibility index (Phi) is 2.96. The first-order valence-electron chi connectivity index (χ1n) is 5.13. The molecule has 1 saturated carbocycles. The largest absolute Gasteiger partial charge is 0.351 e. The SMILES string of the molecule is CCC(N)(CC)C(=O)NC1CC1C. The third-order valence-electron chi connectivity index (χ3n) is 3.14. The van der Waals surface area contributed by atoms with Crippen molar-refractivity contribution >= 4 is 5.91 Å². The molecule has 0 aromatic heterocycles. The zero-order valence-corrected chi connectivity index (χ0v) is 8.76. The van der Waals surface area contributed by atoms with Crippen molar-refractivity contribution in [2.75, 3.05) is 0 Å². The summed E-state index contributed by atoms with van der Waals surface area (Å²) < 4.78 is 0. The van der Waals surface area contributed by atoms with Gasteiger partial charge >= 0.3 is 0 Å². The lowest BCUT2D eigenvalue weighted by atomic mass is 9.93. The Labute approximate surface area is 80.1 Å². The smallest absolute Gasteiger partial charge is 0.240 e. The normalized spacial score (nSPS) is 27.1. The highest BCUT2D eigenvalue weighted by atomic mass is 16.2. The summed E-state index contributed by atoms with van der Waals surface area (Å²) in [4.78, 5) is 11.7. The lowest BCUT2D eigenvalue weighted by Crippen LogP contribution is -2.53. The van der Waals surface area contributed by atoms with Crippen molar-refractivity contribution in [1.29, 1.82) is 0 Å². The van der Waals surface area contributed by atoms with Crippen LogP contribution in [0.4, 0.5) is 0 Å². The average molecular weight is 184 g/mol. The average Bonchev–Trinajstić information content (AvgIpc) is 2.80. The van der Waals surface area contributed by atoms with Crippen molar-refractivity contribution in [3.8, 4) is 0 Å². The molecule has 0 spiro atoms. The number of carbonyl (C=O) groups is 1. The van der Waals surface area contributed by atoms with Gasteiger partial charge in [-0.3, -0.25) is 4.79 Å². The first-order chi connectivity index (χ1) is 6.03. The van der Waals surface area contributed by atoms with Crippen molar-refractivity contribution in [3.05, 3.63) is 0 Å². The van der Waals surface area contributed by atoms with E-state index >= 15 is 0 Å². The molecule has 2 atom stereocenters. The predicted octanol–water partition coefficient (Wildman–Crippen LogP) is 1.03. The standard InChI is InChI=1S/C10H20N2O/c1-4-10(11,5-2)9(13)12-8-6-7(8)3/h7-8H,4-6,11H2,1-3H3,(H,12,13). The molecule has 13 heavy (non-hydrogen) atoms. The van der Waals surface area contributed by atoms with Gasteiger partial charge in [-0.15, -0.1) is 0 Å². The zero-order chi connectivity index (χ0) is 10.1. The second-order valence-corrected chi connectivity index (χ2v) is 4.16. The Balaban J connectivity index is 2.45. The van der Waals surface area contributed by atoms with E-state index in [0.29, 0.717) is 24.8 Å². The van der Waals surface area contributed by atoms with Gasteiger partial charge in [0.25, 0.3) is 0 Å². The summed E-state index contributed by atoms with van der Waals surface area (Å²) in [6.07, 6.45) is 2.52. The zero-order valence-electron chi connectivity index (χ0n) is 8.76. The van der Waals surface area contributed by atoms with E-state index < -0.39 is 5.54 Å². The van der Waals surface area contributed by atoms with Gasteiger partial charge in [0, 0.05) is 6.04 Å². The number of nitrogens with two attached hydrogens (primary N) is 1. The molecule has 1 rings (SSSR count). The molecule has 0 heterocycles. The van der Waals surface area contributed by atoms with E-state index in [9.17, 15) is 4.79 Å². The Morgan fingerprint density at radius 2 is 2.00 bits per heavy atom. The predicted molar refractivity (Wildman–Crippen MR) is 53.2 cm³/mol. The topological polar surface area (TPSA) is 55.1 Å². The number of hydrogen-bond acceptors (Lipinski definition) is 2. The van der Waals surface area contributed by atoms with E-state index in [2.05, 4.69) is 12.2 Å². The van der Waals surface area contributed by atoms with Crippen LogP contribution in [0.25, 0.3) is 0 Å². The molecule has 1 amide bonds. The minimum absolute atomic E-state index is 0.0202. The Bertz CT molecular complexity index is 199. The van der Waals surface area contributed by atoms with E-state index in [4.69, 9.17) is 5.73 Å². The van der Waals surface area contributed by atoms with Crippen molar-refractivity contribution in [2.45, 2.75) is 51.6 Å². The molecule has 0 aliphatic heterocycles. The molecule has 3 N–H and O–H groups in total. The van der Waals surface area contributed by atoms with Crippen LogP contribution in [0.15, 0.2) is 0 Å². The first-order valence-corrected chi connectivity index (χ1v) is 5.13. The van der Waals surface area contributed by atoms with Gasteiger partial charge in [0.2, 0.25) is 5.91 Å². The number of amides is 1. The number of hydrogen-bond donors (Lipinski definition) is 2. The van der Waals surface area contributed by atoms with Gasteiger partial charge in [0.1, 0.15) is 0 Å². The molecule has 1 fully saturated rings. The van der Waals surface area contributed by atoms with Crippen LogP contribution in [0.1, 0.15) is 40.0 Å². The number of carbonyl (C=O) groups excluding carboxylic acids is 1. The number of rotatable bonds is 4. The van der Waals surface area contributed by atoms with E-state index in [1.54, 1.807) is 0 Å². The lowest BCUT2D eigenvalue weighted by molar-refractivity contribution is -0.126. The molecule has 1 aliphatic rings. The Hall–Kier alpha value is -0.570. The van der Waals surface area contributed by atoms with Gasteiger partial charge in [0.05, 0.1) is 5.54 Å². The van der Waals surface area contributed by atoms with Crippen LogP contribution in [0.2, 0.25) is 0 Å². The molecule has 0 radical (unpaired) electrons. The molecule has 2 unspecified atom stereocenters. The van der Waals surface area contributed by atoms with Gasteiger partial charge in [-0.1, -0.05) is 20.8 Å². The summed E-state index contributed by atoms with van der Waals surface area (Å²) in [5.41, 5.74) is 5.30. The maximum atomic E-state index is 11.7. The van der Waals surface area contributed by atoms with Gasteiger partial charge < -0.3 is 11.1 Å². The van der Waals surface area contributed by atoms with Crippen LogP contribution in [0, 0.1) is 5.92 Å². The molecule has 3 heteroatoms. The second kappa shape index (κ2) is 3.66. The van der Waals surface area contributed by atoms with Gasteiger partial charge in [-0.25, -0.2) is 0 Å². The van der Waals surface area contributed by atoms with Crippen LogP contribution in [0.5, 0.6) is 0 Å². The van der Waals surface area contributed by atoms with Crippen LogP contribution < -0.4 is 11.1 Å². The van der Waals surface area contributed by atoms with Crippen LogP contribution in [-0.2, 0) is 4.79 Å². The highest BCUT2D eigenvalue weighted by molar-refractivity contribution is 5.86. The van der Waals surface area contributed by atoms with Crippen LogP contribution >= 0.6 is 0 Å². The van der Waals surface area contributed by atoms with E-state index in [-0.39, 0.29) is 5.91 Å². The summed E-state index contributed by atoms with van der Waals surface area (Å²) >= 11 is 0. The van der Waals surface area contributed by atoms with Gasteiger partial charge in [0.15, 0.2) is 0 Å². The van der Waals surface area contributed by atoms with Crippen molar-refractivity contribution in [2.24, 2.45) is 11.7 Å². The summed E-state index contributed by atoms with van der Waals surface area (Å²) in [7, 11) is 0. The van der Waals surface area contributed by atoms with Gasteiger partial charge in [-0.2, -0.15) is 0 Å².